The molecule has 0 radical (unpaired) electrons. The molecule has 2 aliphatic rings. The summed E-state index contributed by atoms with van der Waals surface area (Å²) in [7, 11) is 0. The van der Waals surface area contributed by atoms with Gasteiger partial charge in [0.2, 0.25) is 0 Å². The Balaban J connectivity index is 1.23. The molecular weight excluding hydrogens is 492 g/mol. The molecule has 3 N–H and O–H groups in total. The average Bonchev–Trinajstić information content (AvgIpc) is 2.99. The van der Waals surface area contributed by atoms with Gasteiger partial charge in [-0.1, -0.05) is 43.3 Å². The molecule has 2 aromatic heterocycles. The van der Waals surface area contributed by atoms with Crippen molar-refractivity contribution in [3.63, 3.8) is 0 Å². The summed E-state index contributed by atoms with van der Waals surface area (Å²) >= 11 is 0. The molecular formula is C30H36N6O3. The van der Waals surface area contributed by atoms with Crippen LogP contribution in [0.25, 0.3) is 0 Å². The van der Waals surface area contributed by atoms with Gasteiger partial charge in [-0.25, -0.2) is 15.0 Å². The third-order valence-electron chi connectivity index (χ3n) is 7.80. The molecule has 1 atom stereocenters. The highest BCUT2D eigenvalue weighted by atomic mass is 16.4. The van der Waals surface area contributed by atoms with Crippen LogP contribution in [0.4, 0.5) is 17.5 Å². The molecule has 0 saturated carbocycles. The van der Waals surface area contributed by atoms with Gasteiger partial charge in [0, 0.05) is 55.3 Å². The second kappa shape index (κ2) is 12.2. The van der Waals surface area contributed by atoms with E-state index in [0.717, 1.165) is 68.2 Å². The standard InChI is InChI=1S/C30H36N6O3/c1-2-24-28(32-18-23(30(38)39)17-26(37)21-7-4-3-5-8-21)33-19-34-29(24)36-15-12-20(13-16-36)25-11-10-22-9-6-14-31-27(22)35-25/h3-5,7-8,10-11,19-20,23H,2,6,9,12-18H2,1H3,(H,31,35)(H,38,39)(H,32,33,34)/t23-/m0/s1. The third kappa shape index (κ3) is 6.19. The van der Waals surface area contributed by atoms with Crippen LogP contribution in [-0.2, 0) is 17.6 Å². The fraction of sp³-hybridized carbons (Fsp3) is 0.433. The highest BCUT2D eigenvalue weighted by Gasteiger charge is 2.27. The number of anilines is 3. The largest absolute Gasteiger partial charge is 0.481 e. The molecule has 2 aliphatic heterocycles. The number of carbonyl (C=O) groups is 2. The van der Waals surface area contributed by atoms with Crippen molar-refractivity contribution in [3.05, 3.63) is 71.2 Å². The first-order valence-electron chi connectivity index (χ1n) is 13.9. The van der Waals surface area contributed by atoms with Gasteiger partial charge in [-0.2, -0.15) is 0 Å². The van der Waals surface area contributed by atoms with Crippen LogP contribution < -0.4 is 15.5 Å². The number of Topliss-reactive ketones (excluding diaryl/α,β-unsaturated/α-hetero) is 1. The van der Waals surface area contributed by atoms with Crippen LogP contribution in [0.2, 0.25) is 0 Å². The Kier molecular flexibility index (Phi) is 8.34. The highest BCUT2D eigenvalue weighted by Crippen LogP contribution is 2.33. The van der Waals surface area contributed by atoms with Crippen LogP contribution in [0, 0.1) is 5.92 Å². The van der Waals surface area contributed by atoms with E-state index in [0.29, 0.717) is 23.7 Å². The number of benzene rings is 1. The van der Waals surface area contributed by atoms with E-state index >= 15 is 0 Å². The van der Waals surface area contributed by atoms with Crippen molar-refractivity contribution in [3.8, 4) is 0 Å². The molecule has 0 unspecified atom stereocenters. The van der Waals surface area contributed by atoms with Gasteiger partial charge in [0.1, 0.15) is 23.8 Å². The second-order valence-corrected chi connectivity index (χ2v) is 10.3. The number of rotatable bonds is 10. The topological polar surface area (TPSA) is 120 Å². The molecule has 1 aromatic carbocycles. The van der Waals surface area contributed by atoms with Crippen LogP contribution in [-0.4, -0.2) is 58.0 Å². The van der Waals surface area contributed by atoms with Crippen molar-refractivity contribution >= 4 is 29.2 Å². The number of aryl methyl sites for hydroxylation is 1. The Morgan fingerprint density at radius 1 is 1.13 bits per heavy atom. The Labute approximate surface area is 229 Å². The zero-order valence-corrected chi connectivity index (χ0v) is 22.4. The van der Waals surface area contributed by atoms with Gasteiger partial charge in [0.15, 0.2) is 5.78 Å². The first-order valence-corrected chi connectivity index (χ1v) is 13.9. The summed E-state index contributed by atoms with van der Waals surface area (Å²) < 4.78 is 0. The normalized spacial score (nSPS) is 16.2. The summed E-state index contributed by atoms with van der Waals surface area (Å²) in [5, 5.41) is 16.4. The van der Waals surface area contributed by atoms with E-state index in [1.54, 1.807) is 24.3 Å². The van der Waals surface area contributed by atoms with Crippen molar-refractivity contribution in [2.45, 2.75) is 51.4 Å². The predicted octanol–water partition coefficient (Wildman–Crippen LogP) is 4.56. The zero-order valence-electron chi connectivity index (χ0n) is 22.4. The van der Waals surface area contributed by atoms with Crippen molar-refractivity contribution in [1.82, 2.24) is 15.0 Å². The summed E-state index contributed by atoms with van der Waals surface area (Å²) in [4.78, 5) is 40.9. The lowest BCUT2D eigenvalue weighted by Gasteiger charge is -2.34. The Morgan fingerprint density at radius 3 is 2.67 bits per heavy atom. The maximum absolute atomic E-state index is 12.6. The molecule has 3 aromatic rings. The SMILES string of the molecule is CCc1c(NC[C@H](CC(=O)c2ccccc2)C(=O)O)ncnc1N1CCC(c2ccc3c(n2)NCCC3)CC1. The minimum atomic E-state index is -1.01. The quantitative estimate of drug-likeness (QED) is 0.325. The number of piperidine rings is 1. The number of hydrogen-bond donors (Lipinski definition) is 3. The summed E-state index contributed by atoms with van der Waals surface area (Å²) in [5.74, 6) is 0.925. The molecule has 1 fully saturated rings. The van der Waals surface area contributed by atoms with Gasteiger partial charge < -0.3 is 20.6 Å². The molecule has 5 rings (SSSR count). The Bertz CT molecular complexity index is 1310. The van der Waals surface area contributed by atoms with E-state index in [9.17, 15) is 14.7 Å². The number of pyridine rings is 1. The maximum Gasteiger partial charge on any atom is 0.308 e. The van der Waals surface area contributed by atoms with E-state index in [1.165, 1.54) is 11.9 Å². The van der Waals surface area contributed by atoms with Crippen LogP contribution in [0.3, 0.4) is 0 Å². The van der Waals surface area contributed by atoms with E-state index in [2.05, 4.69) is 44.6 Å². The second-order valence-electron chi connectivity index (χ2n) is 10.3. The van der Waals surface area contributed by atoms with Crippen molar-refractivity contribution in [2.75, 3.05) is 41.7 Å². The van der Waals surface area contributed by atoms with Crippen molar-refractivity contribution in [2.24, 2.45) is 5.92 Å². The number of carboxylic acids is 1. The van der Waals surface area contributed by atoms with Crippen LogP contribution in [0.1, 0.15) is 65.7 Å². The molecule has 4 heterocycles. The maximum atomic E-state index is 12.6. The average molecular weight is 529 g/mol. The summed E-state index contributed by atoms with van der Waals surface area (Å²) in [5.41, 5.74) is 3.96. The molecule has 0 amide bonds. The number of carbonyl (C=O) groups excluding carboxylic acids is 1. The lowest BCUT2D eigenvalue weighted by molar-refractivity contribution is -0.141. The van der Waals surface area contributed by atoms with Gasteiger partial charge in [-0.3, -0.25) is 9.59 Å². The van der Waals surface area contributed by atoms with Crippen LogP contribution >= 0.6 is 0 Å². The third-order valence-corrected chi connectivity index (χ3v) is 7.80. The number of ketones is 1. The molecule has 0 spiro atoms. The minimum Gasteiger partial charge on any atom is -0.481 e. The minimum absolute atomic E-state index is 0.0779. The summed E-state index contributed by atoms with van der Waals surface area (Å²) in [6.45, 7) is 4.88. The lowest BCUT2D eigenvalue weighted by Crippen LogP contribution is -2.35. The zero-order chi connectivity index (χ0) is 27.2. The van der Waals surface area contributed by atoms with Gasteiger partial charge in [0.05, 0.1) is 5.92 Å². The molecule has 9 nitrogen and oxygen atoms in total. The van der Waals surface area contributed by atoms with E-state index in [1.807, 2.05) is 6.07 Å². The van der Waals surface area contributed by atoms with E-state index in [4.69, 9.17) is 4.98 Å². The van der Waals surface area contributed by atoms with Gasteiger partial charge in [-0.05, 0) is 43.7 Å². The predicted molar refractivity (Wildman–Crippen MR) is 152 cm³/mol. The fourth-order valence-corrected chi connectivity index (χ4v) is 5.54. The van der Waals surface area contributed by atoms with E-state index in [-0.39, 0.29) is 18.7 Å². The van der Waals surface area contributed by atoms with Gasteiger partial charge in [0.25, 0.3) is 0 Å². The number of nitrogens with one attached hydrogen (secondary N) is 2. The Hall–Kier alpha value is -4.01. The Morgan fingerprint density at radius 2 is 1.92 bits per heavy atom. The molecule has 1 saturated heterocycles. The first kappa shape index (κ1) is 26.6. The molecule has 0 bridgehead atoms. The van der Waals surface area contributed by atoms with Gasteiger partial charge >= 0.3 is 5.97 Å². The molecule has 39 heavy (non-hydrogen) atoms. The van der Waals surface area contributed by atoms with Gasteiger partial charge in [-0.15, -0.1) is 0 Å². The molecule has 0 aliphatic carbocycles. The summed E-state index contributed by atoms with van der Waals surface area (Å²) in [6.07, 6.45) is 6.39. The van der Waals surface area contributed by atoms with E-state index < -0.39 is 11.9 Å². The highest BCUT2D eigenvalue weighted by molar-refractivity contribution is 5.98. The monoisotopic (exact) mass is 528 g/mol. The summed E-state index contributed by atoms with van der Waals surface area (Å²) in [6, 6.07) is 13.2. The number of aliphatic carboxylic acids is 1. The smallest absolute Gasteiger partial charge is 0.308 e. The first-order chi connectivity index (χ1) is 19.0. The number of nitrogens with zero attached hydrogens (tertiary/aromatic N) is 4. The lowest BCUT2D eigenvalue weighted by atomic mass is 9.92. The number of aromatic nitrogens is 3. The number of fused-ring (bicyclic) bond motifs is 1. The number of hydrogen-bond acceptors (Lipinski definition) is 8. The van der Waals surface area contributed by atoms with Crippen LogP contribution in [0.5, 0.6) is 0 Å². The fourth-order valence-electron chi connectivity index (χ4n) is 5.54. The molecule has 204 valence electrons. The number of carboxylic acid groups (broad SMARTS) is 1. The molecule has 9 heteroatoms. The van der Waals surface area contributed by atoms with Crippen molar-refractivity contribution < 1.29 is 14.7 Å². The van der Waals surface area contributed by atoms with Crippen LogP contribution in [0.15, 0.2) is 48.8 Å². The van der Waals surface area contributed by atoms with Crippen molar-refractivity contribution in [1.29, 1.82) is 0 Å².